The van der Waals surface area contributed by atoms with Crippen molar-refractivity contribution in [2.45, 2.75) is 104 Å². The number of hydrogen-bond acceptors (Lipinski definition) is 10. The van der Waals surface area contributed by atoms with E-state index in [2.05, 4.69) is 21.3 Å². The summed E-state index contributed by atoms with van der Waals surface area (Å²) in [6.45, 7) is 5.69. The largest absolute Gasteiger partial charge is 0.452 e. The third-order valence-corrected chi connectivity index (χ3v) is 14.6. The topological polar surface area (TPSA) is 155 Å². The van der Waals surface area contributed by atoms with Crippen LogP contribution in [-0.4, -0.2) is 88.7 Å². The van der Waals surface area contributed by atoms with E-state index in [1.807, 2.05) is 62.4 Å². The summed E-state index contributed by atoms with van der Waals surface area (Å²) in [6.07, 6.45) is 7.63. The van der Waals surface area contributed by atoms with Gasteiger partial charge in [0.2, 0.25) is 17.7 Å². The molecule has 3 fully saturated rings. The van der Waals surface area contributed by atoms with Crippen molar-refractivity contribution in [1.82, 2.24) is 26.2 Å². The van der Waals surface area contributed by atoms with Gasteiger partial charge in [0.15, 0.2) is 5.78 Å². The number of carbonyl (C=O) groups is 4. The Morgan fingerprint density at radius 3 is 2.13 bits per heavy atom. The highest BCUT2D eigenvalue weighted by molar-refractivity contribution is 8.00. The molecule has 5 amide bonds. The molecule has 0 saturated carbocycles. The van der Waals surface area contributed by atoms with E-state index < -0.39 is 31.4 Å². The molecule has 0 aliphatic carbocycles. The van der Waals surface area contributed by atoms with Crippen LogP contribution in [0.2, 0.25) is 0 Å². The number of likely N-dealkylation sites (tertiary alicyclic amines) is 1. The van der Waals surface area contributed by atoms with Crippen LogP contribution in [0.25, 0.3) is 0 Å². The van der Waals surface area contributed by atoms with Crippen LogP contribution in [0.1, 0.15) is 59.3 Å². The summed E-state index contributed by atoms with van der Waals surface area (Å²) in [7, 11) is -4.05. The third kappa shape index (κ3) is 10.1. The standard InChI is InChI=1S/C36H50N5O7PS3/c1-22(2)32(39-31(42)11-7-6-10-30-33-28(21-52-30)38-36(45)40-33)35(44)41-20-8-9-29(41)34(43)37-23(3)49(46,47-24-12-16-26(50-4)17-13-24)48-25-14-18-27(51-5)19-15-25/h12-19,22-23,28-30,32-33H,6-11,20-21H2,1-5H3,(H,37,43)(H,39,42)(H2,38,40,45). The van der Waals surface area contributed by atoms with Gasteiger partial charge in [0.1, 0.15) is 23.6 Å². The van der Waals surface area contributed by atoms with Crippen molar-refractivity contribution in [1.29, 1.82) is 0 Å². The van der Waals surface area contributed by atoms with Gasteiger partial charge in [-0.1, -0.05) is 20.3 Å². The predicted octanol–water partition coefficient (Wildman–Crippen LogP) is 6.10. The number of nitrogens with one attached hydrogen (secondary N) is 4. The smallest absolute Gasteiger partial charge is 0.415 e. The van der Waals surface area contributed by atoms with Gasteiger partial charge in [0.25, 0.3) is 0 Å². The normalized spacial score (nSPS) is 22.3. The Hall–Kier alpha value is -3.00. The zero-order valence-electron chi connectivity index (χ0n) is 30.3. The van der Waals surface area contributed by atoms with Crippen molar-refractivity contribution in [3.05, 3.63) is 48.5 Å². The van der Waals surface area contributed by atoms with Crippen LogP contribution < -0.4 is 30.3 Å². The monoisotopic (exact) mass is 791 g/mol. The number of hydrogen-bond donors (Lipinski definition) is 4. The van der Waals surface area contributed by atoms with Crippen LogP contribution in [0.3, 0.4) is 0 Å². The van der Waals surface area contributed by atoms with Crippen LogP contribution >= 0.6 is 42.9 Å². The average molecular weight is 792 g/mol. The summed E-state index contributed by atoms with van der Waals surface area (Å²) in [4.78, 5) is 56.0. The van der Waals surface area contributed by atoms with E-state index in [9.17, 15) is 23.7 Å². The molecule has 12 nitrogen and oxygen atoms in total. The van der Waals surface area contributed by atoms with E-state index >= 15 is 0 Å². The van der Waals surface area contributed by atoms with Crippen LogP contribution in [0.15, 0.2) is 58.3 Å². The fourth-order valence-corrected chi connectivity index (χ4v) is 10.5. The summed E-state index contributed by atoms with van der Waals surface area (Å²) in [5, 5.41) is 12.1. The van der Waals surface area contributed by atoms with Gasteiger partial charge >= 0.3 is 13.6 Å². The lowest BCUT2D eigenvalue weighted by atomic mass is 10.0. The SMILES string of the molecule is CSc1ccc(OP(=O)(Oc2ccc(SC)cc2)C(C)NC(=O)C2CCCN2C(=O)C(NC(=O)CCCCC2SCC3NC(=O)NC32)C(C)C)cc1. The Morgan fingerprint density at radius 2 is 1.56 bits per heavy atom. The first-order valence-electron chi connectivity index (χ1n) is 17.8. The fourth-order valence-electron chi connectivity index (χ4n) is 6.64. The lowest BCUT2D eigenvalue weighted by Gasteiger charge is -2.32. The molecule has 52 heavy (non-hydrogen) atoms. The van der Waals surface area contributed by atoms with E-state index in [4.69, 9.17) is 9.05 Å². The zero-order valence-corrected chi connectivity index (χ0v) is 33.6. The highest BCUT2D eigenvalue weighted by atomic mass is 32.2. The first-order valence-corrected chi connectivity index (χ1v) is 22.9. The quantitative estimate of drug-likeness (QED) is 0.0640. The van der Waals surface area contributed by atoms with E-state index in [1.165, 1.54) is 4.90 Å². The minimum atomic E-state index is -4.05. The minimum Gasteiger partial charge on any atom is -0.415 e. The molecule has 0 spiro atoms. The maximum atomic E-state index is 14.5. The minimum absolute atomic E-state index is 0.111. The molecule has 2 aromatic carbocycles. The molecule has 3 aliphatic heterocycles. The highest BCUT2D eigenvalue weighted by Gasteiger charge is 2.44. The average Bonchev–Trinajstić information content (AvgIpc) is 3.86. The number of nitrogens with zero attached hydrogens (tertiary/aromatic N) is 1. The summed E-state index contributed by atoms with van der Waals surface area (Å²) in [6, 6.07) is 12.8. The second-order valence-corrected chi connectivity index (χ2v) is 18.9. The molecule has 0 bridgehead atoms. The predicted molar refractivity (Wildman–Crippen MR) is 208 cm³/mol. The maximum absolute atomic E-state index is 14.5. The van der Waals surface area contributed by atoms with Gasteiger partial charge in [-0.3, -0.25) is 14.4 Å². The van der Waals surface area contributed by atoms with Crippen LogP contribution in [0.4, 0.5) is 4.79 Å². The van der Waals surface area contributed by atoms with Gasteiger partial charge in [-0.15, -0.1) is 23.5 Å². The van der Waals surface area contributed by atoms with Crippen molar-refractivity contribution in [2.24, 2.45) is 5.92 Å². The number of amides is 5. The van der Waals surface area contributed by atoms with Gasteiger partial charge < -0.3 is 35.2 Å². The zero-order chi connectivity index (χ0) is 37.4. The number of urea groups is 1. The number of unbranched alkanes of at least 4 members (excludes halogenated alkanes) is 1. The molecule has 5 rings (SSSR count). The van der Waals surface area contributed by atoms with Crippen molar-refractivity contribution in [2.75, 3.05) is 24.8 Å². The molecular formula is C36H50N5O7PS3. The number of benzene rings is 2. The summed E-state index contributed by atoms with van der Waals surface area (Å²) in [5.41, 5.74) is 0. The van der Waals surface area contributed by atoms with Gasteiger partial charge in [-0.05, 0) is 99.6 Å². The fraction of sp³-hybridized carbons (Fsp3) is 0.556. The second-order valence-electron chi connectivity index (χ2n) is 13.6. The molecule has 16 heteroatoms. The molecule has 0 radical (unpaired) electrons. The summed E-state index contributed by atoms with van der Waals surface area (Å²) in [5.74, 6) is -0.693. The maximum Gasteiger partial charge on any atom is 0.452 e. The molecule has 2 aromatic rings. The van der Waals surface area contributed by atoms with Crippen molar-refractivity contribution in [3.8, 4) is 11.5 Å². The third-order valence-electron chi connectivity index (χ3n) is 9.58. The first kappa shape index (κ1) is 40.2. The van der Waals surface area contributed by atoms with E-state index in [-0.39, 0.29) is 42.3 Å². The van der Waals surface area contributed by atoms with Crippen LogP contribution in [-0.2, 0) is 18.9 Å². The van der Waals surface area contributed by atoms with E-state index in [0.29, 0.717) is 42.6 Å². The van der Waals surface area contributed by atoms with Gasteiger partial charge in [0, 0.05) is 33.8 Å². The molecule has 4 N–H and O–H groups in total. The number of carbonyl (C=O) groups excluding carboxylic acids is 4. The van der Waals surface area contributed by atoms with E-state index in [1.54, 1.807) is 54.7 Å². The Kier molecular flexibility index (Phi) is 14.2. The van der Waals surface area contributed by atoms with Gasteiger partial charge in [-0.25, -0.2) is 9.36 Å². The molecule has 3 saturated heterocycles. The van der Waals surface area contributed by atoms with E-state index in [0.717, 1.165) is 28.4 Å². The molecular weight excluding hydrogens is 742 g/mol. The number of thioether (sulfide) groups is 3. The Balaban J connectivity index is 1.19. The molecule has 6 unspecified atom stereocenters. The Bertz CT molecular complexity index is 1560. The van der Waals surface area contributed by atoms with Crippen LogP contribution in [0.5, 0.6) is 11.5 Å². The van der Waals surface area contributed by atoms with Crippen LogP contribution in [0, 0.1) is 5.92 Å². The summed E-state index contributed by atoms with van der Waals surface area (Å²) >= 11 is 4.98. The van der Waals surface area contributed by atoms with Gasteiger partial charge in [-0.2, -0.15) is 11.8 Å². The molecule has 0 aromatic heterocycles. The van der Waals surface area contributed by atoms with Crippen molar-refractivity contribution in [3.63, 3.8) is 0 Å². The Morgan fingerprint density at radius 1 is 0.942 bits per heavy atom. The lowest BCUT2D eigenvalue weighted by Crippen LogP contribution is -2.55. The molecule has 3 aliphatic rings. The van der Waals surface area contributed by atoms with Crippen molar-refractivity contribution >= 4 is 66.6 Å². The first-order chi connectivity index (χ1) is 24.9. The molecule has 284 valence electrons. The molecule has 6 atom stereocenters. The summed E-state index contributed by atoms with van der Waals surface area (Å²) < 4.78 is 26.5. The molecule has 3 heterocycles. The van der Waals surface area contributed by atoms with Crippen molar-refractivity contribution < 1.29 is 32.8 Å². The number of rotatable bonds is 17. The van der Waals surface area contributed by atoms with Gasteiger partial charge in [0.05, 0.1) is 12.1 Å². The number of fused-ring (bicyclic) bond motifs is 1. The Labute approximate surface area is 319 Å². The second kappa shape index (κ2) is 18.4. The lowest BCUT2D eigenvalue weighted by molar-refractivity contribution is -0.142. The highest BCUT2D eigenvalue weighted by Crippen LogP contribution is 2.52.